The molecule has 0 aliphatic heterocycles. The number of hydrogen-bond donors (Lipinski definition) is 1. The molecule has 0 amide bonds. The Morgan fingerprint density at radius 1 is 1.45 bits per heavy atom. The molecule has 1 aromatic carbocycles. The van der Waals surface area contributed by atoms with Crippen molar-refractivity contribution in [2.75, 3.05) is 0 Å². The molecule has 2 rings (SSSR count). The largest absolute Gasteiger partial charge is 0.481 e. The van der Waals surface area contributed by atoms with Crippen LogP contribution >= 0.6 is 27.3 Å². The van der Waals surface area contributed by atoms with Crippen molar-refractivity contribution in [1.82, 2.24) is 4.57 Å². The van der Waals surface area contributed by atoms with Gasteiger partial charge in [-0.1, -0.05) is 27.3 Å². The highest BCUT2D eigenvalue weighted by Gasteiger charge is 2.13. The minimum absolute atomic E-state index is 0.0251. The average Bonchev–Trinajstić information content (AvgIpc) is 2.74. The Morgan fingerprint density at radius 2 is 2.20 bits per heavy atom. The molecule has 0 spiro atoms. The molecule has 20 heavy (non-hydrogen) atoms. The van der Waals surface area contributed by atoms with Gasteiger partial charge in [-0.05, 0) is 24.6 Å². The molecule has 1 heterocycles. The minimum atomic E-state index is -0.913. The van der Waals surface area contributed by atoms with Gasteiger partial charge >= 0.3 is 10.8 Å². The Kier molecular flexibility index (Phi) is 4.72. The predicted octanol–water partition coefficient (Wildman–Crippen LogP) is 3.34. The molecule has 0 radical (unpaired) electrons. The van der Waals surface area contributed by atoms with Crippen LogP contribution in [0.1, 0.15) is 12.8 Å². The van der Waals surface area contributed by atoms with Gasteiger partial charge in [0.2, 0.25) is 0 Å². The van der Waals surface area contributed by atoms with Crippen LogP contribution in [0, 0.1) is 5.82 Å². The van der Waals surface area contributed by atoms with Crippen molar-refractivity contribution in [3.63, 3.8) is 0 Å². The Balaban J connectivity index is 2.35. The van der Waals surface area contributed by atoms with Crippen LogP contribution in [-0.4, -0.2) is 15.6 Å². The second-order valence-corrected chi connectivity index (χ2v) is 5.90. The fourth-order valence-corrected chi connectivity index (χ4v) is 2.98. The summed E-state index contributed by atoms with van der Waals surface area (Å²) < 4.78 is 16.0. The lowest BCUT2D eigenvalue weighted by molar-refractivity contribution is -0.137. The topological polar surface area (TPSA) is 59.3 Å². The van der Waals surface area contributed by atoms with E-state index in [0.29, 0.717) is 22.2 Å². The molecule has 1 aromatic heterocycles. The smallest absolute Gasteiger partial charge is 0.307 e. The minimum Gasteiger partial charge on any atom is -0.481 e. The summed E-state index contributed by atoms with van der Waals surface area (Å²) in [5.74, 6) is -1.33. The number of halogens is 2. The summed E-state index contributed by atoms with van der Waals surface area (Å²) in [4.78, 5) is 22.1. The molecule has 7 heteroatoms. The van der Waals surface area contributed by atoms with Crippen molar-refractivity contribution in [2.45, 2.75) is 19.4 Å². The molecule has 0 aliphatic carbocycles. The van der Waals surface area contributed by atoms with Crippen LogP contribution in [0.4, 0.5) is 4.39 Å². The van der Waals surface area contributed by atoms with Gasteiger partial charge in [0.05, 0.1) is 5.69 Å². The molecule has 0 saturated carbocycles. The molecule has 0 atom stereocenters. The van der Waals surface area contributed by atoms with Gasteiger partial charge < -0.3 is 5.11 Å². The number of benzene rings is 1. The highest BCUT2D eigenvalue weighted by molar-refractivity contribution is 9.10. The van der Waals surface area contributed by atoms with Gasteiger partial charge in [-0.2, -0.15) is 0 Å². The van der Waals surface area contributed by atoms with Crippen molar-refractivity contribution in [1.29, 1.82) is 0 Å². The first-order chi connectivity index (χ1) is 9.49. The lowest BCUT2D eigenvalue weighted by Crippen LogP contribution is -2.15. The number of carboxylic acids is 1. The summed E-state index contributed by atoms with van der Waals surface area (Å²) in [6.07, 6.45) is 0.303. The summed E-state index contributed by atoms with van der Waals surface area (Å²) in [5.41, 5.74) is 0.803. The number of aromatic nitrogens is 1. The van der Waals surface area contributed by atoms with Crippen LogP contribution in [-0.2, 0) is 11.3 Å². The van der Waals surface area contributed by atoms with Crippen LogP contribution in [0.25, 0.3) is 11.3 Å². The molecule has 4 nitrogen and oxygen atoms in total. The van der Waals surface area contributed by atoms with E-state index >= 15 is 0 Å². The SMILES string of the molecule is O=C(O)CCCn1c(-c2cc(Br)ccc2F)csc1=O. The van der Waals surface area contributed by atoms with Gasteiger partial charge in [0.25, 0.3) is 0 Å². The number of rotatable bonds is 5. The number of aliphatic carboxylic acids is 1. The fraction of sp³-hybridized carbons (Fsp3) is 0.231. The Morgan fingerprint density at radius 3 is 2.90 bits per heavy atom. The van der Waals surface area contributed by atoms with E-state index < -0.39 is 11.8 Å². The number of nitrogens with zero attached hydrogens (tertiary/aromatic N) is 1. The zero-order chi connectivity index (χ0) is 14.7. The van der Waals surface area contributed by atoms with E-state index in [0.717, 1.165) is 11.3 Å². The summed E-state index contributed by atoms with van der Waals surface area (Å²) in [6, 6.07) is 4.51. The quantitative estimate of drug-likeness (QED) is 0.890. The first kappa shape index (κ1) is 14.9. The van der Waals surface area contributed by atoms with E-state index in [-0.39, 0.29) is 17.8 Å². The van der Waals surface area contributed by atoms with E-state index in [1.165, 1.54) is 10.6 Å². The number of hydrogen-bond acceptors (Lipinski definition) is 3. The summed E-state index contributed by atoms with van der Waals surface area (Å²) in [6.45, 7) is 0.260. The normalized spacial score (nSPS) is 10.7. The van der Waals surface area contributed by atoms with Crippen molar-refractivity contribution in [2.24, 2.45) is 0 Å². The predicted molar refractivity (Wildman–Crippen MR) is 78.5 cm³/mol. The second-order valence-electron chi connectivity index (χ2n) is 4.16. The summed E-state index contributed by atoms with van der Waals surface area (Å²) in [5, 5.41) is 10.2. The van der Waals surface area contributed by atoms with Gasteiger partial charge in [-0.25, -0.2) is 4.39 Å². The number of carbonyl (C=O) groups is 1. The molecule has 0 fully saturated rings. The maximum Gasteiger partial charge on any atom is 0.307 e. The van der Waals surface area contributed by atoms with Crippen molar-refractivity contribution < 1.29 is 14.3 Å². The van der Waals surface area contributed by atoms with Gasteiger partial charge in [0, 0.05) is 28.4 Å². The van der Waals surface area contributed by atoms with E-state index in [4.69, 9.17) is 5.11 Å². The third kappa shape index (κ3) is 3.34. The molecule has 0 saturated heterocycles. The van der Waals surface area contributed by atoms with Crippen molar-refractivity contribution in [3.05, 3.63) is 43.5 Å². The van der Waals surface area contributed by atoms with E-state index in [9.17, 15) is 14.0 Å². The molecule has 0 bridgehead atoms. The Hall–Kier alpha value is -1.47. The average molecular weight is 360 g/mol. The molecular formula is C13H11BrFNO3S. The highest BCUT2D eigenvalue weighted by atomic mass is 79.9. The van der Waals surface area contributed by atoms with Crippen molar-refractivity contribution in [3.8, 4) is 11.3 Å². The van der Waals surface area contributed by atoms with Crippen LogP contribution in [0.2, 0.25) is 0 Å². The van der Waals surface area contributed by atoms with Crippen LogP contribution in [0.3, 0.4) is 0 Å². The van der Waals surface area contributed by atoms with Crippen LogP contribution < -0.4 is 4.87 Å². The van der Waals surface area contributed by atoms with Gasteiger partial charge in [-0.3, -0.25) is 14.2 Å². The second kappa shape index (κ2) is 6.32. The van der Waals surface area contributed by atoms with Crippen LogP contribution in [0.5, 0.6) is 0 Å². The molecule has 0 aliphatic rings. The van der Waals surface area contributed by atoms with Gasteiger partial charge in [0.1, 0.15) is 5.82 Å². The third-order valence-corrected chi connectivity index (χ3v) is 4.02. The monoisotopic (exact) mass is 359 g/mol. The Labute approximate surface area is 126 Å². The summed E-state index contributed by atoms with van der Waals surface area (Å²) >= 11 is 4.25. The lowest BCUT2D eigenvalue weighted by Gasteiger charge is -2.08. The van der Waals surface area contributed by atoms with Crippen molar-refractivity contribution >= 4 is 33.2 Å². The van der Waals surface area contributed by atoms with E-state index in [1.807, 2.05) is 0 Å². The van der Waals surface area contributed by atoms with Gasteiger partial charge in [0.15, 0.2) is 0 Å². The standard InChI is InChI=1S/C13H11BrFNO3S/c14-8-3-4-10(15)9(6-8)11-7-20-13(19)16(11)5-1-2-12(17)18/h3-4,6-7H,1-2,5H2,(H,17,18). The number of carboxylic acid groups (broad SMARTS) is 1. The molecule has 1 N–H and O–H groups in total. The maximum absolute atomic E-state index is 13.9. The fourth-order valence-electron chi connectivity index (χ4n) is 1.83. The van der Waals surface area contributed by atoms with E-state index in [1.54, 1.807) is 17.5 Å². The highest BCUT2D eigenvalue weighted by Crippen LogP contribution is 2.26. The van der Waals surface area contributed by atoms with E-state index in [2.05, 4.69) is 15.9 Å². The molecule has 106 valence electrons. The Bertz CT molecular complexity index is 695. The first-order valence-electron chi connectivity index (χ1n) is 5.84. The third-order valence-electron chi connectivity index (χ3n) is 2.76. The lowest BCUT2D eigenvalue weighted by atomic mass is 10.1. The molecule has 2 aromatic rings. The summed E-state index contributed by atoms with van der Waals surface area (Å²) in [7, 11) is 0. The zero-order valence-electron chi connectivity index (χ0n) is 10.3. The zero-order valence-corrected chi connectivity index (χ0v) is 12.7. The molecule has 0 unspecified atom stereocenters. The number of thiazole rings is 1. The van der Waals surface area contributed by atoms with Gasteiger partial charge in [-0.15, -0.1) is 0 Å². The van der Waals surface area contributed by atoms with Crippen LogP contribution in [0.15, 0.2) is 32.8 Å². The molecular weight excluding hydrogens is 349 g/mol. The first-order valence-corrected chi connectivity index (χ1v) is 7.52. The maximum atomic E-state index is 13.9.